The standard InChI is InChI=1S/C45H60Cl2O6/c1-25(2)8-6-9-26(3)35-14-15-36-32-13-12-30-20-27(16-18-44(30,4)37(32)17-19-45(35,36)5)10-7-11-31(28-21-33(42(50)51)40(48)38(46)23-28)29-22-34(43(52)53)41(49)39(47)24-29/h11,21-27,30,32,35-37,48-49H,6-10,12-20H2,1-5H3,(H,50,51)(H,52,53)/t26?,27-,30?,32?,35?,36?,37?,44-,45+/m0/s1. The zero-order valence-electron chi connectivity index (χ0n) is 32.3. The average Bonchev–Trinajstić information content (AvgIpc) is 3.46. The highest BCUT2D eigenvalue weighted by Gasteiger charge is 2.60. The third-order valence-corrected chi connectivity index (χ3v) is 15.7. The molecule has 6 nitrogen and oxygen atoms in total. The van der Waals surface area contributed by atoms with E-state index in [1.165, 1.54) is 101 Å². The number of carboxylic acid groups (broad SMARTS) is 2. The van der Waals surface area contributed by atoms with Crippen molar-refractivity contribution in [2.75, 3.05) is 0 Å². The first-order chi connectivity index (χ1) is 25.0. The van der Waals surface area contributed by atoms with E-state index in [-0.39, 0.29) is 21.2 Å². The van der Waals surface area contributed by atoms with Gasteiger partial charge in [0.15, 0.2) is 0 Å². The van der Waals surface area contributed by atoms with E-state index < -0.39 is 23.4 Å². The minimum Gasteiger partial charge on any atom is -0.505 e. The molecule has 9 atom stereocenters. The molecule has 0 radical (unpaired) electrons. The predicted octanol–water partition coefficient (Wildman–Crippen LogP) is 12.8. The lowest BCUT2D eigenvalue weighted by Gasteiger charge is -2.61. The van der Waals surface area contributed by atoms with Gasteiger partial charge in [-0.05, 0) is 170 Å². The number of halogens is 2. The number of hydrogen-bond donors (Lipinski definition) is 4. The molecule has 290 valence electrons. The van der Waals surface area contributed by atoms with Crippen molar-refractivity contribution in [3.8, 4) is 11.5 Å². The van der Waals surface area contributed by atoms with Crippen LogP contribution in [0.5, 0.6) is 11.5 Å². The van der Waals surface area contributed by atoms with Crippen LogP contribution in [-0.2, 0) is 0 Å². The predicted molar refractivity (Wildman–Crippen MR) is 213 cm³/mol. The van der Waals surface area contributed by atoms with E-state index >= 15 is 0 Å². The number of carboxylic acids is 2. The van der Waals surface area contributed by atoms with Crippen molar-refractivity contribution in [2.45, 2.75) is 125 Å². The van der Waals surface area contributed by atoms with Gasteiger partial charge in [-0.3, -0.25) is 0 Å². The Bertz CT molecular complexity index is 1660. The Hall–Kier alpha value is -2.70. The molecule has 53 heavy (non-hydrogen) atoms. The lowest BCUT2D eigenvalue weighted by atomic mass is 9.44. The Labute approximate surface area is 326 Å². The second kappa shape index (κ2) is 15.8. The van der Waals surface area contributed by atoms with Crippen molar-refractivity contribution < 1.29 is 30.0 Å². The Kier molecular flexibility index (Phi) is 11.9. The van der Waals surface area contributed by atoms with Crippen LogP contribution >= 0.6 is 23.2 Å². The first-order valence-corrected chi connectivity index (χ1v) is 21.0. The summed E-state index contributed by atoms with van der Waals surface area (Å²) in [5.74, 6) is 2.64. The first-order valence-electron chi connectivity index (χ1n) is 20.3. The van der Waals surface area contributed by atoms with Gasteiger partial charge in [-0.2, -0.15) is 0 Å². The summed E-state index contributed by atoms with van der Waals surface area (Å²) >= 11 is 12.6. The van der Waals surface area contributed by atoms with E-state index in [1.54, 1.807) is 0 Å². The third kappa shape index (κ3) is 7.75. The number of hydrogen-bond acceptors (Lipinski definition) is 4. The van der Waals surface area contributed by atoms with E-state index in [9.17, 15) is 30.0 Å². The molecule has 4 saturated carbocycles. The van der Waals surface area contributed by atoms with Crippen molar-refractivity contribution in [1.82, 2.24) is 0 Å². The van der Waals surface area contributed by atoms with Crippen LogP contribution in [0.3, 0.4) is 0 Å². The fourth-order valence-electron chi connectivity index (χ4n) is 12.3. The van der Waals surface area contributed by atoms with E-state index in [1.807, 2.05) is 6.08 Å². The minimum atomic E-state index is -1.33. The monoisotopic (exact) mass is 766 g/mol. The van der Waals surface area contributed by atoms with Gasteiger partial charge in [-0.1, -0.05) is 83.2 Å². The van der Waals surface area contributed by atoms with Crippen LogP contribution in [-0.4, -0.2) is 32.4 Å². The quantitative estimate of drug-likeness (QED) is 0.171. The maximum absolute atomic E-state index is 12.0. The molecule has 4 aliphatic rings. The molecule has 6 rings (SSSR count). The second-order valence-electron chi connectivity index (χ2n) is 18.3. The lowest BCUT2D eigenvalue weighted by Crippen LogP contribution is -2.53. The first kappa shape index (κ1) is 40.0. The van der Waals surface area contributed by atoms with Gasteiger partial charge in [0.2, 0.25) is 0 Å². The number of aromatic carboxylic acids is 2. The number of rotatable bonds is 12. The third-order valence-electron chi connectivity index (χ3n) is 15.1. The topological polar surface area (TPSA) is 115 Å². The van der Waals surface area contributed by atoms with Gasteiger partial charge in [0, 0.05) is 0 Å². The summed E-state index contributed by atoms with van der Waals surface area (Å²) in [6.45, 7) is 12.6. The molecule has 2 aromatic rings. The largest absolute Gasteiger partial charge is 0.505 e. The van der Waals surface area contributed by atoms with Crippen molar-refractivity contribution >= 4 is 40.7 Å². The molecule has 2 aromatic carbocycles. The number of allylic oxidation sites excluding steroid dienone is 1. The van der Waals surface area contributed by atoms with Gasteiger partial charge in [0.25, 0.3) is 0 Å². The van der Waals surface area contributed by atoms with Crippen LogP contribution < -0.4 is 0 Å². The van der Waals surface area contributed by atoms with Gasteiger partial charge in [-0.25, -0.2) is 9.59 Å². The highest BCUT2D eigenvalue weighted by atomic mass is 35.5. The normalized spacial score (nSPS) is 31.3. The number of aromatic hydroxyl groups is 2. The summed E-state index contributed by atoms with van der Waals surface area (Å²) in [6.07, 6.45) is 19.8. The molecule has 4 fully saturated rings. The lowest BCUT2D eigenvalue weighted by molar-refractivity contribution is -0.121. The van der Waals surface area contributed by atoms with Crippen LogP contribution in [0.25, 0.3) is 5.57 Å². The Morgan fingerprint density at radius 3 is 1.96 bits per heavy atom. The number of phenols is 2. The fourth-order valence-corrected chi connectivity index (χ4v) is 12.8. The molecule has 4 N–H and O–H groups in total. The highest BCUT2D eigenvalue weighted by Crippen LogP contribution is 2.69. The van der Waals surface area contributed by atoms with Gasteiger partial charge < -0.3 is 20.4 Å². The molecule has 0 saturated heterocycles. The summed E-state index contributed by atoms with van der Waals surface area (Å²) in [6, 6.07) is 5.65. The molecule has 0 amide bonds. The van der Waals surface area contributed by atoms with Gasteiger partial charge in [0.05, 0.1) is 10.0 Å². The van der Waals surface area contributed by atoms with Crippen molar-refractivity contribution in [3.63, 3.8) is 0 Å². The molecule has 0 heterocycles. The van der Waals surface area contributed by atoms with Crippen LogP contribution in [0.1, 0.15) is 156 Å². The molecule has 0 aromatic heterocycles. The molecule has 0 aliphatic heterocycles. The average molecular weight is 768 g/mol. The molecule has 0 bridgehead atoms. The van der Waals surface area contributed by atoms with Crippen molar-refractivity contribution in [2.24, 2.45) is 58.2 Å². The molecule has 0 spiro atoms. The zero-order valence-corrected chi connectivity index (χ0v) is 33.8. The van der Waals surface area contributed by atoms with Crippen LogP contribution in [0.2, 0.25) is 10.0 Å². The fraction of sp³-hybridized carbons (Fsp3) is 0.644. The number of benzene rings is 2. The molecule has 4 aliphatic carbocycles. The Morgan fingerprint density at radius 1 is 0.792 bits per heavy atom. The molecular formula is C45H60Cl2O6. The minimum absolute atomic E-state index is 0.122. The van der Waals surface area contributed by atoms with Gasteiger partial charge >= 0.3 is 11.9 Å². The number of fused-ring (bicyclic) bond motifs is 5. The Morgan fingerprint density at radius 2 is 1.38 bits per heavy atom. The van der Waals surface area contributed by atoms with E-state index in [0.717, 1.165) is 47.8 Å². The SMILES string of the molecule is CC(C)CCCC(C)C1CCC2C3CCC4C[C@@H](CCC=C(c5cc(Cl)c(O)c(C(=O)O)c5)c5cc(Cl)c(O)c(C(=O)O)c5)CC[C@]4(C)C3CC[C@]12C. The zero-order chi connectivity index (χ0) is 38.4. The summed E-state index contributed by atoms with van der Waals surface area (Å²) in [5.41, 5.74) is 1.58. The summed E-state index contributed by atoms with van der Waals surface area (Å²) < 4.78 is 0. The number of carbonyl (C=O) groups is 2. The summed E-state index contributed by atoms with van der Waals surface area (Å²) in [7, 11) is 0. The van der Waals surface area contributed by atoms with Crippen LogP contribution in [0, 0.1) is 58.2 Å². The van der Waals surface area contributed by atoms with Crippen LogP contribution in [0.15, 0.2) is 30.3 Å². The van der Waals surface area contributed by atoms with Crippen LogP contribution in [0.4, 0.5) is 0 Å². The van der Waals surface area contributed by atoms with Gasteiger partial charge in [-0.15, -0.1) is 0 Å². The van der Waals surface area contributed by atoms with Crippen molar-refractivity contribution in [1.29, 1.82) is 0 Å². The van der Waals surface area contributed by atoms with E-state index in [4.69, 9.17) is 23.2 Å². The highest BCUT2D eigenvalue weighted by molar-refractivity contribution is 6.33. The van der Waals surface area contributed by atoms with E-state index in [0.29, 0.717) is 39.9 Å². The maximum atomic E-state index is 12.0. The molecular weight excluding hydrogens is 707 g/mol. The molecule has 8 heteroatoms. The smallest absolute Gasteiger partial charge is 0.339 e. The van der Waals surface area contributed by atoms with Gasteiger partial charge in [0.1, 0.15) is 22.6 Å². The Balaban J connectivity index is 1.17. The van der Waals surface area contributed by atoms with Crippen molar-refractivity contribution in [3.05, 3.63) is 62.6 Å². The maximum Gasteiger partial charge on any atom is 0.339 e. The second-order valence-corrected chi connectivity index (χ2v) is 19.2. The summed E-state index contributed by atoms with van der Waals surface area (Å²) in [4.78, 5) is 23.9. The van der Waals surface area contributed by atoms with E-state index in [2.05, 4.69) is 34.6 Å². The summed E-state index contributed by atoms with van der Waals surface area (Å²) in [5, 5.41) is 40.0. The molecule has 6 unspecified atom stereocenters.